The Morgan fingerprint density at radius 3 is 1.20 bits per heavy atom. The lowest BCUT2D eigenvalue weighted by molar-refractivity contribution is -0.143. The highest BCUT2D eigenvalue weighted by Crippen LogP contribution is 2.16. The number of esters is 1. The van der Waals surface area contributed by atoms with Gasteiger partial charge in [0.05, 0.1) is 25.4 Å². The summed E-state index contributed by atoms with van der Waals surface area (Å²) in [6.45, 7) is 4.86. The number of aliphatic hydroxyl groups is 2. The fraction of sp³-hybridized carbons (Fsp3) is 0.887. The second-order valence-electron chi connectivity index (χ2n) is 17.9. The summed E-state index contributed by atoms with van der Waals surface area (Å²) < 4.78 is 5.46. The van der Waals surface area contributed by atoms with E-state index in [0.29, 0.717) is 19.4 Å². The van der Waals surface area contributed by atoms with E-state index < -0.39 is 12.1 Å². The van der Waals surface area contributed by atoms with E-state index in [1.165, 1.54) is 193 Å². The van der Waals surface area contributed by atoms with Crippen molar-refractivity contribution in [2.75, 3.05) is 13.2 Å². The van der Waals surface area contributed by atoms with Gasteiger partial charge in [0.2, 0.25) is 5.91 Å². The van der Waals surface area contributed by atoms with Crippen molar-refractivity contribution in [1.29, 1.82) is 0 Å². The number of carbonyl (C=O) groups is 2. The molecule has 0 spiro atoms. The van der Waals surface area contributed by atoms with Gasteiger partial charge in [0, 0.05) is 12.8 Å². The van der Waals surface area contributed by atoms with Gasteiger partial charge in [-0.3, -0.25) is 9.59 Å². The van der Waals surface area contributed by atoms with Crippen LogP contribution in [0.2, 0.25) is 0 Å². The maximum absolute atomic E-state index is 12.4. The van der Waals surface area contributed by atoms with Crippen LogP contribution in [0.4, 0.5) is 0 Å². The van der Waals surface area contributed by atoms with Crippen LogP contribution in [0.5, 0.6) is 0 Å². The number of nitrogens with one attached hydrogen (secondary N) is 1. The Morgan fingerprint density at radius 1 is 0.458 bits per heavy atom. The molecule has 0 aromatic rings. The van der Waals surface area contributed by atoms with Gasteiger partial charge in [-0.15, -0.1) is 0 Å². The van der Waals surface area contributed by atoms with E-state index in [9.17, 15) is 19.8 Å². The second kappa shape index (κ2) is 49.0. The second-order valence-corrected chi connectivity index (χ2v) is 17.9. The quantitative estimate of drug-likeness (QED) is 0.0322. The molecule has 0 fully saturated rings. The summed E-state index contributed by atoms with van der Waals surface area (Å²) in [4.78, 5) is 24.4. The van der Waals surface area contributed by atoms with Gasteiger partial charge in [0.25, 0.3) is 0 Å². The van der Waals surface area contributed by atoms with E-state index in [0.717, 1.165) is 57.8 Å². The minimum Gasteiger partial charge on any atom is -0.466 e. The molecule has 0 aromatic carbocycles. The molecule has 0 heterocycles. The molecule has 0 aliphatic carbocycles. The number of carbonyl (C=O) groups excluding carboxylic acids is 2. The summed E-state index contributed by atoms with van der Waals surface area (Å²) in [6, 6.07) is -0.637. The first kappa shape index (κ1) is 57.3. The van der Waals surface area contributed by atoms with Crippen LogP contribution in [-0.4, -0.2) is 47.4 Å². The highest BCUT2D eigenvalue weighted by Gasteiger charge is 2.18. The molecule has 0 radical (unpaired) electrons. The summed E-state index contributed by atoms with van der Waals surface area (Å²) in [5, 5.41) is 23.0. The van der Waals surface area contributed by atoms with Gasteiger partial charge in [-0.2, -0.15) is 0 Å². The summed E-state index contributed by atoms with van der Waals surface area (Å²) in [6.07, 6.45) is 57.4. The number of rotatable bonds is 48. The van der Waals surface area contributed by atoms with Gasteiger partial charge in [-0.25, -0.2) is 0 Å². The van der Waals surface area contributed by atoms with Crippen LogP contribution < -0.4 is 5.32 Å². The van der Waals surface area contributed by atoms with Gasteiger partial charge < -0.3 is 20.3 Å². The van der Waals surface area contributed by atoms with Crippen LogP contribution in [0.3, 0.4) is 0 Å². The molecule has 348 valence electrons. The lowest BCUT2D eigenvalue weighted by Gasteiger charge is -2.20. The predicted octanol–water partition coefficient (Wildman–Crippen LogP) is 15.5. The highest BCUT2D eigenvalue weighted by atomic mass is 16.5. The maximum atomic E-state index is 12.4. The number of hydrogen-bond acceptors (Lipinski definition) is 5. The van der Waals surface area contributed by atoms with Crippen molar-refractivity contribution in [2.45, 2.75) is 289 Å². The number of ether oxygens (including phenoxy) is 1. The summed E-state index contributed by atoms with van der Waals surface area (Å²) in [7, 11) is 0. The lowest BCUT2D eigenvalue weighted by atomic mass is 10.0. The Labute approximate surface area is 367 Å². The Bertz CT molecular complexity index is 920. The number of unbranched alkanes of at least 4 members (excludes halogenated alkanes) is 35. The Balaban J connectivity index is 3.48. The summed E-state index contributed by atoms with van der Waals surface area (Å²) >= 11 is 0. The third-order valence-corrected chi connectivity index (χ3v) is 12.0. The van der Waals surface area contributed by atoms with Crippen molar-refractivity contribution >= 4 is 11.9 Å². The Kier molecular flexibility index (Phi) is 47.6. The average molecular weight is 832 g/mol. The molecule has 3 N–H and O–H groups in total. The third-order valence-electron chi connectivity index (χ3n) is 12.0. The van der Waals surface area contributed by atoms with Crippen molar-refractivity contribution < 1.29 is 24.5 Å². The maximum Gasteiger partial charge on any atom is 0.305 e. The topological polar surface area (TPSA) is 95.9 Å². The Hall–Kier alpha value is -1.66. The molecule has 0 saturated heterocycles. The van der Waals surface area contributed by atoms with E-state index in [4.69, 9.17) is 4.74 Å². The van der Waals surface area contributed by atoms with Gasteiger partial charge in [-0.05, 0) is 57.8 Å². The third kappa shape index (κ3) is 45.7. The molecule has 2 atom stereocenters. The van der Waals surface area contributed by atoms with E-state index in [-0.39, 0.29) is 18.5 Å². The number of allylic oxidation sites excluding steroid dienone is 3. The van der Waals surface area contributed by atoms with Crippen LogP contribution in [0, 0.1) is 0 Å². The van der Waals surface area contributed by atoms with E-state index >= 15 is 0 Å². The van der Waals surface area contributed by atoms with Crippen molar-refractivity contribution in [2.24, 2.45) is 0 Å². The Morgan fingerprint density at radius 2 is 0.797 bits per heavy atom. The molecule has 0 saturated carbocycles. The fourth-order valence-electron chi connectivity index (χ4n) is 7.92. The van der Waals surface area contributed by atoms with Gasteiger partial charge in [0.1, 0.15) is 0 Å². The van der Waals surface area contributed by atoms with Gasteiger partial charge >= 0.3 is 5.97 Å². The summed E-state index contributed by atoms with van der Waals surface area (Å²) in [5.41, 5.74) is 0. The SMILES string of the molecule is CCCCCCCC/C=C\CCCCCCCC(=O)OCCCCCCCCCCCCCCCC(=O)NC(CO)C(O)/C=C/CCCCCCCCCCCCCC. The van der Waals surface area contributed by atoms with E-state index in [2.05, 4.69) is 31.3 Å². The van der Waals surface area contributed by atoms with Crippen LogP contribution >= 0.6 is 0 Å². The van der Waals surface area contributed by atoms with E-state index in [1.807, 2.05) is 6.08 Å². The first-order chi connectivity index (χ1) is 29.0. The smallest absolute Gasteiger partial charge is 0.305 e. The lowest BCUT2D eigenvalue weighted by Crippen LogP contribution is -2.45. The number of aliphatic hydroxyl groups excluding tert-OH is 2. The molecule has 6 heteroatoms. The normalized spacial score (nSPS) is 12.8. The molecular weight excluding hydrogens is 731 g/mol. The molecule has 59 heavy (non-hydrogen) atoms. The minimum absolute atomic E-state index is 0.0150. The molecule has 2 unspecified atom stereocenters. The average Bonchev–Trinajstić information content (AvgIpc) is 3.24. The fourth-order valence-corrected chi connectivity index (χ4v) is 7.92. The minimum atomic E-state index is -0.852. The molecular formula is C53H101NO5. The monoisotopic (exact) mass is 832 g/mol. The zero-order chi connectivity index (χ0) is 43.0. The molecule has 0 aromatic heterocycles. The van der Waals surface area contributed by atoms with Crippen molar-refractivity contribution in [3.8, 4) is 0 Å². The molecule has 0 bridgehead atoms. The zero-order valence-corrected chi connectivity index (χ0v) is 39.5. The van der Waals surface area contributed by atoms with Gasteiger partial charge in [0.15, 0.2) is 0 Å². The zero-order valence-electron chi connectivity index (χ0n) is 39.5. The number of hydrogen-bond donors (Lipinski definition) is 3. The van der Waals surface area contributed by atoms with Crippen molar-refractivity contribution in [3.05, 3.63) is 24.3 Å². The van der Waals surface area contributed by atoms with Crippen LogP contribution in [0.1, 0.15) is 277 Å². The first-order valence-electron chi connectivity index (χ1n) is 26.1. The largest absolute Gasteiger partial charge is 0.466 e. The molecule has 0 aliphatic rings. The molecule has 6 nitrogen and oxygen atoms in total. The number of amides is 1. The first-order valence-corrected chi connectivity index (χ1v) is 26.1. The van der Waals surface area contributed by atoms with Crippen LogP contribution in [0.25, 0.3) is 0 Å². The van der Waals surface area contributed by atoms with Crippen molar-refractivity contribution in [3.63, 3.8) is 0 Å². The molecule has 0 aliphatic heterocycles. The standard InChI is InChI=1S/C53H101NO5/c1-3-5-7-9-11-13-15-17-19-23-27-31-35-39-43-47-53(58)59-48-44-40-36-32-28-24-20-22-26-30-34-38-42-46-52(57)54-50(49-55)51(56)45-41-37-33-29-25-21-18-16-14-12-10-8-6-4-2/h17,19,41,45,50-51,55-56H,3-16,18,20-40,42-44,46-49H2,1-2H3,(H,54,57)/b19-17-,45-41+. The van der Waals surface area contributed by atoms with Crippen LogP contribution in [0.15, 0.2) is 24.3 Å². The van der Waals surface area contributed by atoms with Crippen LogP contribution in [-0.2, 0) is 14.3 Å². The molecule has 0 rings (SSSR count). The van der Waals surface area contributed by atoms with Crippen molar-refractivity contribution in [1.82, 2.24) is 5.32 Å². The van der Waals surface area contributed by atoms with Gasteiger partial charge in [-0.1, -0.05) is 231 Å². The van der Waals surface area contributed by atoms with E-state index in [1.54, 1.807) is 6.08 Å². The molecule has 1 amide bonds. The predicted molar refractivity (Wildman–Crippen MR) is 255 cm³/mol. The summed E-state index contributed by atoms with van der Waals surface area (Å²) in [5.74, 6) is -0.0960. The highest BCUT2D eigenvalue weighted by molar-refractivity contribution is 5.76.